The predicted molar refractivity (Wildman–Crippen MR) is 137 cm³/mol. The second-order valence-electron chi connectivity index (χ2n) is 8.94. The fourth-order valence-corrected chi connectivity index (χ4v) is 6.78. The Bertz CT molecular complexity index is 1010. The summed E-state index contributed by atoms with van der Waals surface area (Å²) < 4.78 is 31.8. The molecule has 2 aromatic rings. The van der Waals surface area contributed by atoms with Crippen molar-refractivity contribution in [2.24, 2.45) is 5.92 Å². The summed E-state index contributed by atoms with van der Waals surface area (Å²) in [7, 11) is 2.13. The molecule has 0 radical (unpaired) electrons. The highest BCUT2D eigenvalue weighted by atomic mass is 35.5. The number of benzene rings is 1. The number of amides is 1. The van der Waals surface area contributed by atoms with Crippen molar-refractivity contribution < 1.29 is 17.9 Å². The summed E-state index contributed by atoms with van der Waals surface area (Å²) in [5, 5.41) is 5.68. The number of rotatable bonds is 11. The Morgan fingerprint density at radius 1 is 1.15 bits per heavy atom. The largest absolute Gasteiger partial charge is 0.370 e. The van der Waals surface area contributed by atoms with Crippen molar-refractivity contribution in [1.82, 2.24) is 14.5 Å². The van der Waals surface area contributed by atoms with E-state index < -0.39 is 10.0 Å². The lowest BCUT2D eigenvalue weighted by atomic mass is 9.80. The summed E-state index contributed by atoms with van der Waals surface area (Å²) in [4.78, 5) is 16.2. The van der Waals surface area contributed by atoms with Crippen LogP contribution in [0.3, 0.4) is 0 Å². The van der Waals surface area contributed by atoms with Crippen molar-refractivity contribution in [1.29, 1.82) is 0 Å². The Morgan fingerprint density at radius 3 is 2.41 bits per heavy atom. The second-order valence-corrected chi connectivity index (χ2v) is 12.4. The first-order valence-corrected chi connectivity index (χ1v) is 14.2. The van der Waals surface area contributed by atoms with Gasteiger partial charge in [0, 0.05) is 35.6 Å². The highest BCUT2D eigenvalue weighted by molar-refractivity contribution is 7.89. The molecule has 1 aromatic carbocycles. The molecule has 1 fully saturated rings. The summed E-state index contributed by atoms with van der Waals surface area (Å²) in [5.41, 5.74) is 0. The number of likely N-dealkylation sites (N-methyl/N-ethyl adjacent to an activating group) is 1. The summed E-state index contributed by atoms with van der Waals surface area (Å²) in [6.07, 6.45) is 4.04. The molecule has 0 aliphatic heterocycles. The lowest BCUT2D eigenvalue weighted by Crippen LogP contribution is -2.41. The molecule has 34 heavy (non-hydrogen) atoms. The van der Waals surface area contributed by atoms with Crippen LogP contribution < -0.4 is 5.32 Å². The number of thiophene rings is 1. The Morgan fingerprint density at radius 2 is 1.82 bits per heavy atom. The van der Waals surface area contributed by atoms with Crippen molar-refractivity contribution in [2.45, 2.75) is 42.7 Å². The van der Waals surface area contributed by atoms with Gasteiger partial charge in [0.25, 0.3) is 0 Å². The first-order valence-electron chi connectivity index (χ1n) is 11.5. The lowest BCUT2D eigenvalue weighted by molar-refractivity contribution is -0.126. The van der Waals surface area contributed by atoms with Crippen LogP contribution >= 0.6 is 22.9 Å². The van der Waals surface area contributed by atoms with Crippen LogP contribution in [-0.2, 0) is 19.6 Å². The number of nitrogens with one attached hydrogen (secondary N) is 1. The summed E-state index contributed by atoms with van der Waals surface area (Å²) in [6.45, 7) is 0.205. The highest BCUT2D eigenvalue weighted by Gasteiger charge is 2.31. The SMILES string of the molecule is CN(C)C(c1cccs1)C1CCC(NC(=O)COCCN(C)S(=O)(=O)c2ccc(Cl)cc2)CC1. The molecule has 0 saturated heterocycles. The molecule has 1 aliphatic carbocycles. The summed E-state index contributed by atoms with van der Waals surface area (Å²) in [5.74, 6) is 0.422. The average Bonchev–Trinajstić information content (AvgIpc) is 3.32. The van der Waals surface area contributed by atoms with E-state index in [4.69, 9.17) is 16.3 Å². The summed E-state index contributed by atoms with van der Waals surface area (Å²) in [6, 6.07) is 10.9. The van der Waals surface area contributed by atoms with Crippen molar-refractivity contribution in [2.75, 3.05) is 40.9 Å². The molecule has 0 spiro atoms. The van der Waals surface area contributed by atoms with Gasteiger partial charge in [-0.15, -0.1) is 11.3 Å². The third-order valence-electron chi connectivity index (χ3n) is 6.28. The van der Waals surface area contributed by atoms with Gasteiger partial charge in [0.15, 0.2) is 0 Å². The zero-order valence-corrected chi connectivity index (χ0v) is 22.3. The first kappa shape index (κ1) is 27.1. The highest BCUT2D eigenvalue weighted by Crippen LogP contribution is 2.39. The number of hydrogen-bond acceptors (Lipinski definition) is 6. The fourth-order valence-electron chi connectivity index (χ4n) is 4.48. The van der Waals surface area contributed by atoms with Crippen molar-refractivity contribution in [3.8, 4) is 0 Å². The molecule has 7 nitrogen and oxygen atoms in total. The zero-order valence-electron chi connectivity index (χ0n) is 19.9. The van der Waals surface area contributed by atoms with Gasteiger partial charge < -0.3 is 15.0 Å². The maximum Gasteiger partial charge on any atom is 0.246 e. The number of nitrogens with zero attached hydrogens (tertiary/aromatic N) is 2. The number of carbonyl (C=O) groups is 1. The van der Waals surface area contributed by atoms with Gasteiger partial charge in [-0.2, -0.15) is 4.31 Å². The van der Waals surface area contributed by atoms with E-state index >= 15 is 0 Å². The van der Waals surface area contributed by atoms with Gasteiger partial charge in [0.1, 0.15) is 6.61 Å². The number of carbonyl (C=O) groups excluding carboxylic acids is 1. The van der Waals surface area contributed by atoms with Crippen molar-refractivity contribution in [3.63, 3.8) is 0 Å². The average molecular weight is 528 g/mol. The zero-order chi connectivity index (χ0) is 24.7. The standard InChI is InChI=1S/C24H34ClN3O4S2/c1-27(2)24(22-5-4-16-33-22)18-6-10-20(11-7-18)26-23(29)17-32-15-14-28(3)34(30,31)21-12-8-19(25)9-13-21/h4-5,8-9,12-13,16,18,20,24H,6-7,10-11,14-15,17H2,1-3H3,(H,26,29). The quantitative estimate of drug-likeness (QED) is 0.447. The van der Waals surface area contributed by atoms with Crippen LogP contribution in [0.2, 0.25) is 5.02 Å². The molecule has 1 unspecified atom stereocenters. The normalized spacial score (nSPS) is 19.9. The van der Waals surface area contributed by atoms with Crippen molar-refractivity contribution in [3.05, 3.63) is 51.7 Å². The third kappa shape index (κ3) is 7.26. The molecule has 1 atom stereocenters. The Kier molecular flexibility index (Phi) is 9.94. The molecule has 1 saturated carbocycles. The molecular formula is C24H34ClN3O4S2. The van der Waals surface area contributed by atoms with Crippen LogP contribution in [0.1, 0.15) is 36.6 Å². The number of sulfonamides is 1. The van der Waals surface area contributed by atoms with Gasteiger partial charge >= 0.3 is 0 Å². The molecular weight excluding hydrogens is 494 g/mol. The molecule has 1 amide bonds. The molecule has 10 heteroatoms. The Hall–Kier alpha value is -1.49. The topological polar surface area (TPSA) is 79.0 Å². The minimum absolute atomic E-state index is 0.0791. The minimum Gasteiger partial charge on any atom is -0.370 e. The summed E-state index contributed by atoms with van der Waals surface area (Å²) >= 11 is 7.63. The van der Waals surface area contributed by atoms with Gasteiger partial charge in [-0.3, -0.25) is 4.79 Å². The Labute approximate surface area is 212 Å². The smallest absolute Gasteiger partial charge is 0.246 e. The van der Waals surface area contributed by atoms with E-state index in [2.05, 4.69) is 41.8 Å². The van der Waals surface area contributed by atoms with Gasteiger partial charge in [0.2, 0.25) is 15.9 Å². The van der Waals surface area contributed by atoms with Crippen LogP contribution in [0.25, 0.3) is 0 Å². The van der Waals surface area contributed by atoms with Gasteiger partial charge in [-0.1, -0.05) is 17.7 Å². The van der Waals surface area contributed by atoms with Gasteiger partial charge in [0.05, 0.1) is 11.5 Å². The molecule has 0 bridgehead atoms. The van der Waals surface area contributed by atoms with E-state index in [-0.39, 0.29) is 36.6 Å². The minimum atomic E-state index is -3.62. The van der Waals surface area contributed by atoms with E-state index in [9.17, 15) is 13.2 Å². The van der Waals surface area contributed by atoms with Gasteiger partial charge in [-0.05, 0) is 81.4 Å². The maximum atomic E-state index is 12.6. The van der Waals surface area contributed by atoms with E-state index in [0.717, 1.165) is 25.7 Å². The molecule has 1 heterocycles. The van der Waals surface area contributed by atoms with Crippen LogP contribution in [0.4, 0.5) is 0 Å². The van der Waals surface area contributed by atoms with Crippen LogP contribution in [0.15, 0.2) is 46.7 Å². The maximum absolute atomic E-state index is 12.6. The number of ether oxygens (including phenoxy) is 1. The fraction of sp³-hybridized carbons (Fsp3) is 0.542. The predicted octanol–water partition coefficient (Wildman–Crippen LogP) is 4.02. The number of hydrogen-bond donors (Lipinski definition) is 1. The van der Waals surface area contributed by atoms with Crippen LogP contribution in [-0.4, -0.2) is 70.5 Å². The van der Waals surface area contributed by atoms with Crippen molar-refractivity contribution >= 4 is 38.9 Å². The van der Waals surface area contributed by atoms with E-state index in [1.807, 2.05) is 0 Å². The van der Waals surface area contributed by atoms with E-state index in [0.29, 0.717) is 17.0 Å². The van der Waals surface area contributed by atoms with Crippen LogP contribution in [0.5, 0.6) is 0 Å². The first-order chi connectivity index (χ1) is 16.2. The second kappa shape index (κ2) is 12.5. The van der Waals surface area contributed by atoms with Crippen LogP contribution in [0, 0.1) is 5.92 Å². The van der Waals surface area contributed by atoms with E-state index in [1.54, 1.807) is 23.5 Å². The van der Waals surface area contributed by atoms with Gasteiger partial charge in [-0.25, -0.2) is 8.42 Å². The molecule has 188 valence electrons. The number of halogens is 1. The molecule has 1 aliphatic rings. The lowest BCUT2D eigenvalue weighted by Gasteiger charge is -2.37. The monoisotopic (exact) mass is 527 g/mol. The molecule has 1 aromatic heterocycles. The third-order valence-corrected chi connectivity index (χ3v) is 9.35. The Balaban J connectivity index is 1.37. The molecule has 1 N–H and O–H groups in total. The molecule has 3 rings (SSSR count). The van der Waals surface area contributed by atoms with E-state index in [1.165, 1.54) is 28.4 Å².